The fraction of sp³-hybridized carbons (Fsp3) is 0.933. The Morgan fingerprint density at radius 3 is 2.26 bits per heavy atom. The first kappa shape index (κ1) is 18.2. The van der Waals surface area contributed by atoms with Crippen molar-refractivity contribution >= 4 is 6.09 Å². The molecular weight excluding hydrogens is 242 g/mol. The van der Waals surface area contributed by atoms with Gasteiger partial charge in [-0.15, -0.1) is 0 Å². The minimum absolute atomic E-state index is 0.242. The summed E-state index contributed by atoms with van der Waals surface area (Å²) in [5, 5.41) is 0. The molecule has 1 amide bonds. The molecule has 0 fully saturated rings. The summed E-state index contributed by atoms with van der Waals surface area (Å²) >= 11 is 0. The number of carbonyl (C=O) groups excluding carboxylic acids is 1. The summed E-state index contributed by atoms with van der Waals surface area (Å²) < 4.78 is 10.9. The number of amides is 1. The highest BCUT2D eigenvalue weighted by atomic mass is 16.6. The van der Waals surface area contributed by atoms with E-state index in [1.54, 1.807) is 4.90 Å². The molecule has 114 valence electrons. The van der Waals surface area contributed by atoms with Crippen molar-refractivity contribution in [3.8, 4) is 0 Å². The molecule has 4 nitrogen and oxygen atoms in total. The normalized spacial score (nSPS) is 11.7. The van der Waals surface area contributed by atoms with Crippen LogP contribution in [0.1, 0.15) is 54.4 Å². The van der Waals surface area contributed by atoms with Gasteiger partial charge in [0.25, 0.3) is 0 Å². The predicted octanol–water partition coefficient (Wildman–Crippen LogP) is 3.70. The summed E-state index contributed by atoms with van der Waals surface area (Å²) in [5.74, 6) is 0.571. The van der Waals surface area contributed by atoms with Crippen LogP contribution in [0.5, 0.6) is 0 Å². The number of rotatable bonds is 8. The first-order valence-corrected chi connectivity index (χ1v) is 7.32. The van der Waals surface area contributed by atoms with Crippen LogP contribution >= 0.6 is 0 Å². The van der Waals surface area contributed by atoms with Gasteiger partial charge in [-0.3, -0.25) is 0 Å². The highest BCUT2D eigenvalue weighted by molar-refractivity contribution is 5.68. The zero-order valence-electron chi connectivity index (χ0n) is 13.5. The van der Waals surface area contributed by atoms with Gasteiger partial charge in [0.1, 0.15) is 5.60 Å². The fourth-order valence-electron chi connectivity index (χ4n) is 1.46. The molecule has 19 heavy (non-hydrogen) atoms. The Bertz CT molecular complexity index is 246. The summed E-state index contributed by atoms with van der Waals surface area (Å²) in [6.45, 7) is 14.7. The zero-order chi connectivity index (χ0) is 14.9. The van der Waals surface area contributed by atoms with Crippen LogP contribution in [0.2, 0.25) is 0 Å². The van der Waals surface area contributed by atoms with Crippen LogP contribution in [0.3, 0.4) is 0 Å². The molecule has 0 rings (SSSR count). The third-order valence-corrected chi connectivity index (χ3v) is 2.48. The van der Waals surface area contributed by atoms with Gasteiger partial charge >= 0.3 is 6.09 Å². The molecule has 0 aromatic rings. The van der Waals surface area contributed by atoms with Gasteiger partial charge in [-0.05, 0) is 39.5 Å². The van der Waals surface area contributed by atoms with E-state index in [9.17, 15) is 4.79 Å². The average molecular weight is 273 g/mol. The Balaban J connectivity index is 4.27. The number of hydrogen-bond acceptors (Lipinski definition) is 3. The van der Waals surface area contributed by atoms with Crippen molar-refractivity contribution in [2.24, 2.45) is 5.92 Å². The molecule has 0 aliphatic rings. The highest BCUT2D eigenvalue weighted by Crippen LogP contribution is 2.11. The molecular formula is C15H31NO3. The van der Waals surface area contributed by atoms with Crippen LogP contribution in [0.15, 0.2) is 0 Å². The van der Waals surface area contributed by atoms with E-state index < -0.39 is 5.60 Å². The topological polar surface area (TPSA) is 38.8 Å². The van der Waals surface area contributed by atoms with Crippen LogP contribution in [0.4, 0.5) is 4.79 Å². The molecule has 0 aliphatic heterocycles. The van der Waals surface area contributed by atoms with Crippen molar-refractivity contribution in [2.45, 2.75) is 60.0 Å². The average Bonchev–Trinajstić information content (AvgIpc) is 2.25. The van der Waals surface area contributed by atoms with E-state index in [1.807, 2.05) is 20.8 Å². The Kier molecular flexibility index (Phi) is 8.81. The molecule has 0 aromatic carbocycles. The second-order valence-corrected chi connectivity index (χ2v) is 6.26. The van der Waals surface area contributed by atoms with Gasteiger partial charge in [0.15, 0.2) is 0 Å². The van der Waals surface area contributed by atoms with Crippen molar-refractivity contribution in [3.05, 3.63) is 0 Å². The van der Waals surface area contributed by atoms with Gasteiger partial charge < -0.3 is 14.4 Å². The van der Waals surface area contributed by atoms with Gasteiger partial charge in [0.2, 0.25) is 0 Å². The molecule has 0 N–H and O–H groups in total. The van der Waals surface area contributed by atoms with Gasteiger partial charge in [-0.1, -0.05) is 20.8 Å². The van der Waals surface area contributed by atoms with E-state index in [2.05, 4.69) is 20.8 Å². The minimum atomic E-state index is -0.447. The van der Waals surface area contributed by atoms with Crippen molar-refractivity contribution in [2.75, 3.05) is 26.3 Å². The van der Waals surface area contributed by atoms with E-state index in [0.717, 1.165) is 26.0 Å². The molecule has 0 radical (unpaired) electrons. The molecule has 4 heteroatoms. The first-order valence-electron chi connectivity index (χ1n) is 7.32. The maximum Gasteiger partial charge on any atom is 0.410 e. The van der Waals surface area contributed by atoms with Crippen LogP contribution in [-0.4, -0.2) is 42.9 Å². The van der Waals surface area contributed by atoms with Crippen LogP contribution < -0.4 is 0 Å². The highest BCUT2D eigenvalue weighted by Gasteiger charge is 2.21. The molecule has 0 spiro atoms. The van der Waals surface area contributed by atoms with Gasteiger partial charge in [-0.2, -0.15) is 0 Å². The molecule has 0 saturated carbocycles. The second-order valence-electron chi connectivity index (χ2n) is 6.26. The quantitative estimate of drug-likeness (QED) is 0.633. The number of ether oxygens (including phenoxy) is 2. The lowest BCUT2D eigenvalue weighted by atomic mass is 10.1. The lowest BCUT2D eigenvalue weighted by Gasteiger charge is -2.27. The van der Waals surface area contributed by atoms with E-state index in [0.29, 0.717) is 19.1 Å². The Labute approximate surface area is 118 Å². The van der Waals surface area contributed by atoms with E-state index in [-0.39, 0.29) is 6.09 Å². The van der Waals surface area contributed by atoms with Crippen molar-refractivity contribution in [3.63, 3.8) is 0 Å². The number of hydrogen-bond donors (Lipinski definition) is 0. The molecule has 0 unspecified atom stereocenters. The maximum absolute atomic E-state index is 12.1. The summed E-state index contributed by atoms with van der Waals surface area (Å²) in [7, 11) is 0. The molecule has 0 heterocycles. The SMILES string of the molecule is CCCOCCN(CCC(C)C)C(=O)OC(C)(C)C. The summed E-state index contributed by atoms with van der Waals surface area (Å²) in [4.78, 5) is 13.8. The predicted molar refractivity (Wildman–Crippen MR) is 78.4 cm³/mol. The summed E-state index contributed by atoms with van der Waals surface area (Å²) in [6.07, 6.45) is 1.74. The van der Waals surface area contributed by atoms with Gasteiger partial charge in [-0.25, -0.2) is 4.79 Å². The standard InChI is InChI=1S/C15H31NO3/c1-7-11-18-12-10-16(9-8-13(2)3)14(17)19-15(4,5)6/h13H,7-12H2,1-6H3. The van der Waals surface area contributed by atoms with Crippen LogP contribution in [0, 0.1) is 5.92 Å². The smallest absolute Gasteiger partial charge is 0.410 e. The van der Waals surface area contributed by atoms with Crippen molar-refractivity contribution in [1.82, 2.24) is 4.90 Å². The Hall–Kier alpha value is -0.770. The van der Waals surface area contributed by atoms with Gasteiger partial charge in [0, 0.05) is 19.7 Å². The van der Waals surface area contributed by atoms with Crippen molar-refractivity contribution in [1.29, 1.82) is 0 Å². The number of nitrogens with zero attached hydrogens (tertiary/aromatic N) is 1. The Morgan fingerprint density at radius 2 is 1.79 bits per heavy atom. The van der Waals surface area contributed by atoms with E-state index in [1.165, 1.54) is 0 Å². The van der Waals surface area contributed by atoms with Crippen molar-refractivity contribution < 1.29 is 14.3 Å². The molecule has 0 atom stereocenters. The third kappa shape index (κ3) is 10.8. The monoisotopic (exact) mass is 273 g/mol. The maximum atomic E-state index is 12.1. The Morgan fingerprint density at radius 1 is 1.16 bits per heavy atom. The molecule has 0 aliphatic carbocycles. The largest absolute Gasteiger partial charge is 0.444 e. The van der Waals surface area contributed by atoms with Gasteiger partial charge in [0.05, 0.1) is 6.61 Å². The fourth-order valence-corrected chi connectivity index (χ4v) is 1.46. The van der Waals surface area contributed by atoms with Crippen LogP contribution in [-0.2, 0) is 9.47 Å². The molecule has 0 saturated heterocycles. The van der Waals surface area contributed by atoms with Crippen LogP contribution in [0.25, 0.3) is 0 Å². The summed E-state index contributed by atoms with van der Waals surface area (Å²) in [5.41, 5.74) is -0.447. The van der Waals surface area contributed by atoms with E-state index >= 15 is 0 Å². The molecule has 0 aromatic heterocycles. The third-order valence-electron chi connectivity index (χ3n) is 2.48. The minimum Gasteiger partial charge on any atom is -0.444 e. The summed E-state index contributed by atoms with van der Waals surface area (Å²) in [6, 6.07) is 0. The first-order chi connectivity index (χ1) is 8.76. The van der Waals surface area contributed by atoms with E-state index in [4.69, 9.17) is 9.47 Å². The molecule has 0 bridgehead atoms. The zero-order valence-corrected chi connectivity index (χ0v) is 13.5. The second kappa shape index (κ2) is 9.18. The lowest BCUT2D eigenvalue weighted by Crippen LogP contribution is -2.39. The lowest BCUT2D eigenvalue weighted by molar-refractivity contribution is 0.0167. The number of carbonyl (C=O) groups is 1.